The highest BCUT2D eigenvalue weighted by atomic mass is 19.3. The van der Waals surface area contributed by atoms with Gasteiger partial charge in [-0.3, -0.25) is 0 Å². The maximum absolute atomic E-state index is 16.1. The normalized spacial score (nSPS) is 17.0. The van der Waals surface area contributed by atoms with Gasteiger partial charge >= 0.3 is 24.4 Å². The van der Waals surface area contributed by atoms with Crippen LogP contribution in [0.15, 0.2) is 200 Å². The minimum absolute atomic E-state index is 0.0511. The highest BCUT2D eigenvalue weighted by Crippen LogP contribution is 2.55. The summed E-state index contributed by atoms with van der Waals surface area (Å²) < 4.78 is 137. The second kappa shape index (κ2) is 15.4. The van der Waals surface area contributed by atoms with Crippen molar-refractivity contribution < 1.29 is 44.6 Å². The molecule has 0 amide bonds. The Morgan fingerprint density at radius 2 is 0.592 bits per heavy atom. The summed E-state index contributed by atoms with van der Waals surface area (Å²) >= 11 is 0. The van der Waals surface area contributed by atoms with Crippen LogP contribution in [0.1, 0.15) is 22.3 Å². The van der Waals surface area contributed by atoms with Crippen molar-refractivity contribution in [3.8, 4) is 44.5 Å². The van der Waals surface area contributed by atoms with E-state index in [4.69, 9.17) is 0 Å². The zero-order valence-electron chi connectivity index (χ0n) is 37.0. The second-order valence-electron chi connectivity index (χ2n) is 18.2. The topological polar surface area (TPSA) is 21.7 Å². The number of fused-ring (bicyclic) bond motifs is 6. The first-order valence-corrected chi connectivity index (χ1v) is 22.9. The summed E-state index contributed by atoms with van der Waals surface area (Å²) in [5.41, 5.74) is 4.51. The Hall–Kier alpha value is -7.73. The molecule has 4 heterocycles. The summed E-state index contributed by atoms with van der Waals surface area (Å²) in [5, 5.41) is 0. The molecule has 0 N–H and O–H groups in total. The van der Waals surface area contributed by atoms with E-state index >= 15 is 35.1 Å². The van der Waals surface area contributed by atoms with Crippen molar-refractivity contribution in [1.29, 1.82) is 0 Å². The van der Waals surface area contributed by atoms with Crippen LogP contribution >= 0.6 is 0 Å². The molecule has 9 aromatic rings. The molecule has 0 fully saturated rings. The molecule has 0 aliphatic carbocycles. The van der Waals surface area contributed by atoms with Crippen molar-refractivity contribution in [3.05, 3.63) is 222 Å². The monoisotopic (exact) mass is 949 g/mol. The van der Waals surface area contributed by atoms with Crippen LogP contribution in [-0.4, -0.2) is 13.4 Å². The third kappa shape index (κ3) is 6.52. The zero-order chi connectivity index (χ0) is 48.6. The molecule has 3 nitrogen and oxygen atoms in total. The first-order valence-electron chi connectivity index (χ1n) is 22.9. The summed E-state index contributed by atoms with van der Waals surface area (Å²) in [7, 11) is 0. The van der Waals surface area contributed by atoms with Gasteiger partial charge in [0.15, 0.2) is 0 Å². The van der Waals surface area contributed by atoms with Crippen molar-refractivity contribution in [1.82, 2.24) is 0 Å². The van der Waals surface area contributed by atoms with Crippen LogP contribution in [0, 0.1) is 0 Å². The first-order chi connectivity index (χ1) is 34.2. The van der Waals surface area contributed by atoms with Crippen molar-refractivity contribution in [2.75, 3.05) is 4.90 Å². The molecule has 0 spiro atoms. The summed E-state index contributed by atoms with van der Waals surface area (Å²) in [6.45, 7) is -2.00. The average Bonchev–Trinajstić information content (AvgIpc) is 3.69. The number of halogens is 8. The van der Waals surface area contributed by atoms with E-state index in [2.05, 4.69) is 9.47 Å². The van der Waals surface area contributed by atoms with Gasteiger partial charge in [0.25, 0.3) is 0 Å². The average molecular weight is 950 g/mol. The van der Waals surface area contributed by atoms with Gasteiger partial charge in [0, 0.05) is 17.1 Å². The van der Waals surface area contributed by atoms with Crippen LogP contribution in [0.2, 0.25) is 0 Å². The second-order valence-corrected chi connectivity index (χ2v) is 18.2. The third-order valence-electron chi connectivity index (χ3n) is 14.3. The standard InChI is InChI=1S/C58H33B2F8NO2/c61-55(62)42-30-48-50(32-44(42)57(65,66)70-55)69-51-33-45-43(56(63,64)71-58(45,67)68)31-49(51)60(53-40(36-20-9-3-10-21-36)26-14-27-41(53)37-22-11-4-12-23-37)47-29-15-28-46(54(47)69)59(48)52-38(34-16-5-1-6-17-34)24-13-25-39(52)35-18-7-2-8-19-35/h1-33H. The Morgan fingerprint density at radius 3 is 0.901 bits per heavy atom. The molecule has 13 rings (SSSR count). The molecule has 0 saturated carbocycles. The molecule has 4 aliphatic heterocycles. The van der Waals surface area contributed by atoms with Crippen molar-refractivity contribution >= 4 is 63.3 Å². The van der Waals surface area contributed by atoms with Crippen LogP contribution in [0.4, 0.5) is 52.2 Å². The lowest BCUT2D eigenvalue weighted by Crippen LogP contribution is -2.66. The van der Waals surface area contributed by atoms with E-state index in [1.807, 2.05) is 170 Å². The molecule has 71 heavy (non-hydrogen) atoms. The number of hydrogen-bond donors (Lipinski definition) is 0. The van der Waals surface area contributed by atoms with Crippen LogP contribution in [0.5, 0.6) is 0 Å². The van der Waals surface area contributed by atoms with Gasteiger partial charge in [-0.25, -0.2) is 9.47 Å². The zero-order valence-corrected chi connectivity index (χ0v) is 37.0. The summed E-state index contributed by atoms with van der Waals surface area (Å²) in [4.78, 5) is 1.50. The van der Waals surface area contributed by atoms with Gasteiger partial charge in [0.1, 0.15) is 0 Å². The third-order valence-corrected chi connectivity index (χ3v) is 14.3. The van der Waals surface area contributed by atoms with Crippen molar-refractivity contribution in [2.45, 2.75) is 24.4 Å². The first kappa shape index (κ1) is 43.3. The van der Waals surface area contributed by atoms with Gasteiger partial charge in [-0.15, -0.1) is 0 Å². The van der Waals surface area contributed by atoms with Crippen LogP contribution in [0.25, 0.3) is 44.5 Å². The van der Waals surface area contributed by atoms with Crippen LogP contribution < -0.4 is 37.7 Å². The lowest BCUT2D eigenvalue weighted by atomic mass is 9.29. The molecule has 4 aliphatic rings. The number of para-hydroxylation sites is 1. The number of ether oxygens (including phenoxy) is 2. The summed E-state index contributed by atoms with van der Waals surface area (Å²) in [6, 6.07) is 58.7. The SMILES string of the molecule is FC1(F)OC(F)(F)c2cc3c(cc21)B(c1c(-c2ccccc2)cccc1-c1ccccc1)c1cccc2c1N3c1cc3c(cc1B2c1c(-c2ccccc2)cccc1-c1ccccc1)C(F)(F)OC3(F)F. The Bertz CT molecular complexity index is 3290. The molecule has 0 unspecified atom stereocenters. The molecule has 0 bridgehead atoms. The number of rotatable bonds is 6. The summed E-state index contributed by atoms with van der Waals surface area (Å²) in [6.07, 6.45) is -17.8. The van der Waals surface area contributed by atoms with E-state index < -0.39 is 60.1 Å². The molecule has 0 saturated heterocycles. The maximum Gasteiger partial charge on any atom is 0.388 e. The molecule has 13 heteroatoms. The molecule has 0 aromatic heterocycles. The fraction of sp³-hybridized carbons (Fsp3) is 0.0690. The van der Waals surface area contributed by atoms with Gasteiger partial charge in [-0.2, -0.15) is 35.1 Å². The van der Waals surface area contributed by atoms with Crippen molar-refractivity contribution in [3.63, 3.8) is 0 Å². The fourth-order valence-corrected chi connectivity index (χ4v) is 11.4. The van der Waals surface area contributed by atoms with E-state index in [0.29, 0.717) is 49.8 Å². The molecular weight excluding hydrogens is 916 g/mol. The Morgan fingerprint density at radius 1 is 0.310 bits per heavy atom. The molecule has 0 atom stereocenters. The predicted molar refractivity (Wildman–Crippen MR) is 263 cm³/mol. The number of alkyl halides is 8. The Kier molecular flexibility index (Phi) is 9.38. The van der Waals surface area contributed by atoms with E-state index in [1.165, 1.54) is 4.90 Å². The van der Waals surface area contributed by atoms with Gasteiger partial charge in [-0.1, -0.05) is 199 Å². The fourth-order valence-electron chi connectivity index (χ4n) is 11.4. The van der Waals surface area contributed by atoms with Gasteiger partial charge < -0.3 is 4.90 Å². The number of hydrogen-bond acceptors (Lipinski definition) is 3. The quantitative estimate of drug-likeness (QED) is 0.122. The smallest absolute Gasteiger partial charge is 0.313 e. The number of benzene rings is 9. The van der Waals surface area contributed by atoms with Gasteiger partial charge in [-0.05, 0) is 78.5 Å². The summed E-state index contributed by atoms with van der Waals surface area (Å²) in [5.74, 6) is 0. The molecular formula is C58H33B2F8NO2. The highest BCUT2D eigenvalue weighted by molar-refractivity contribution is 7.03. The largest absolute Gasteiger partial charge is 0.388 e. The van der Waals surface area contributed by atoms with Crippen LogP contribution in [0.3, 0.4) is 0 Å². The molecule has 9 aromatic carbocycles. The predicted octanol–water partition coefficient (Wildman–Crippen LogP) is 11.7. The lowest BCUT2D eigenvalue weighted by molar-refractivity contribution is -0.370. The van der Waals surface area contributed by atoms with E-state index in [9.17, 15) is 0 Å². The number of nitrogens with zero attached hydrogens (tertiary/aromatic N) is 1. The van der Waals surface area contributed by atoms with E-state index in [0.717, 1.165) is 46.5 Å². The lowest BCUT2D eigenvalue weighted by Gasteiger charge is -2.45. The number of anilines is 3. The minimum Gasteiger partial charge on any atom is -0.313 e. The molecule has 344 valence electrons. The van der Waals surface area contributed by atoms with E-state index in [1.54, 1.807) is 6.07 Å². The van der Waals surface area contributed by atoms with Gasteiger partial charge in [0.2, 0.25) is 13.4 Å². The minimum atomic E-state index is -4.48. The highest BCUT2D eigenvalue weighted by Gasteiger charge is 2.61. The van der Waals surface area contributed by atoms with Gasteiger partial charge in [0.05, 0.1) is 22.3 Å². The van der Waals surface area contributed by atoms with E-state index in [-0.39, 0.29) is 22.3 Å². The molecule has 0 radical (unpaired) electrons. The maximum atomic E-state index is 16.1. The Labute approximate surface area is 402 Å². The van der Waals surface area contributed by atoms with Crippen LogP contribution in [-0.2, 0) is 33.9 Å². The Balaban J connectivity index is 1.21. The van der Waals surface area contributed by atoms with Crippen molar-refractivity contribution in [2.24, 2.45) is 0 Å².